The molecular formula is C46H60HfSi. The molecule has 2 aliphatic rings. The molecule has 0 spiro atoms. The Morgan fingerprint density at radius 3 is 1.25 bits per heavy atom. The first-order chi connectivity index (χ1) is 22.1. The molecule has 0 amide bonds. The summed E-state index contributed by atoms with van der Waals surface area (Å²) in [5.41, 5.74) is 17.3. The van der Waals surface area contributed by atoms with Crippen molar-refractivity contribution in [3.63, 3.8) is 0 Å². The van der Waals surface area contributed by atoms with E-state index < -0.39 is 14.2 Å². The third-order valence-electron chi connectivity index (χ3n) is 14.8. The minimum atomic E-state index is -4.96. The van der Waals surface area contributed by atoms with E-state index in [1.54, 1.807) is 11.1 Å². The average molecular weight is 820 g/mol. The zero-order chi connectivity index (χ0) is 35.2. The molecule has 48 heavy (non-hydrogen) atoms. The van der Waals surface area contributed by atoms with E-state index in [-0.39, 0.29) is 10.8 Å². The number of rotatable bonds is 6. The van der Waals surface area contributed by atoms with Gasteiger partial charge >= 0.3 is 290 Å². The molecule has 0 saturated heterocycles. The van der Waals surface area contributed by atoms with Crippen LogP contribution in [-0.2, 0) is 25.0 Å². The molecule has 4 aromatic carbocycles. The Labute approximate surface area is 288 Å². The summed E-state index contributed by atoms with van der Waals surface area (Å²) >= 11 is -4.96. The van der Waals surface area contributed by atoms with E-state index in [0.717, 1.165) is 0 Å². The molecule has 0 fully saturated rings. The van der Waals surface area contributed by atoms with Crippen molar-refractivity contribution in [1.82, 2.24) is 0 Å². The second-order valence-electron chi connectivity index (χ2n) is 20.5. The van der Waals surface area contributed by atoms with Crippen LogP contribution in [-0.4, -0.2) is 6.94 Å². The second kappa shape index (κ2) is 10.3. The van der Waals surface area contributed by atoms with Crippen molar-refractivity contribution in [2.45, 2.75) is 105 Å². The number of aryl methyl sites for hydroxylation is 2. The van der Waals surface area contributed by atoms with Gasteiger partial charge in [0, 0.05) is 0 Å². The Kier molecular flexibility index (Phi) is 7.54. The molecule has 0 N–H and O–H groups in total. The summed E-state index contributed by atoms with van der Waals surface area (Å²) in [6.07, 6.45) is 10.3. The van der Waals surface area contributed by atoms with Crippen molar-refractivity contribution in [2.24, 2.45) is 0 Å². The molecule has 0 aromatic heterocycles. The molecule has 2 aliphatic carbocycles. The van der Waals surface area contributed by atoms with E-state index >= 15 is 0 Å². The topological polar surface area (TPSA) is 0 Å². The summed E-state index contributed by atoms with van der Waals surface area (Å²) in [5.74, 6) is 0. The van der Waals surface area contributed by atoms with Gasteiger partial charge in [-0.1, -0.05) is 0 Å². The number of fused-ring (bicyclic) bond motifs is 2. The predicted molar refractivity (Wildman–Crippen MR) is 215 cm³/mol. The van der Waals surface area contributed by atoms with Crippen LogP contribution >= 0.6 is 0 Å². The summed E-state index contributed by atoms with van der Waals surface area (Å²) in [5, 5.41) is 0. The first-order valence-electron chi connectivity index (χ1n) is 18.5. The van der Waals surface area contributed by atoms with Gasteiger partial charge in [-0.2, -0.15) is 0 Å². The van der Waals surface area contributed by atoms with Crippen LogP contribution in [0.4, 0.5) is 0 Å². The standard InChI is InChI=1S/2C20H21.2C2H5.2CH3.Hf.H2Si/c2*1-14-13-16(20(2,3)4)11-12-17(14)19-10-6-8-15-7-5-9-18(15)19;2*1-2;;;;/h2*5-13H,1-4H3;2*1H2,2H3;2*1H3;;1H2. The summed E-state index contributed by atoms with van der Waals surface area (Å²) in [4.78, 5) is 0. The Bertz CT molecular complexity index is 2030. The van der Waals surface area contributed by atoms with Gasteiger partial charge in [0.05, 0.1) is 0 Å². The van der Waals surface area contributed by atoms with Crippen molar-refractivity contribution >= 4 is 19.1 Å². The fourth-order valence-corrected chi connectivity index (χ4v) is 44.5. The number of hydrogen-bond acceptors (Lipinski definition) is 0. The van der Waals surface area contributed by atoms with Gasteiger partial charge in [0.25, 0.3) is 0 Å². The van der Waals surface area contributed by atoms with E-state index in [1.165, 1.54) is 64.0 Å². The number of allylic oxidation sites excluding steroid dienone is 2. The first-order valence-corrected chi connectivity index (χ1v) is 43.2. The van der Waals surface area contributed by atoms with E-state index in [1.807, 2.05) is 0 Å². The van der Waals surface area contributed by atoms with E-state index in [9.17, 15) is 0 Å². The van der Waals surface area contributed by atoms with Gasteiger partial charge in [-0.25, -0.2) is 0 Å². The predicted octanol–water partition coefficient (Wildman–Crippen LogP) is 13.4. The Morgan fingerprint density at radius 1 is 0.562 bits per heavy atom. The maximum absolute atomic E-state index is 4.96. The number of hydrogen-bond donors (Lipinski definition) is 0. The fourth-order valence-electron chi connectivity index (χ4n) is 9.70. The summed E-state index contributed by atoms with van der Waals surface area (Å²) < 4.78 is 9.00. The monoisotopic (exact) mass is 820 g/mol. The SMILES string of the molecule is C[CH2][Hf]([CH3])([CH3])(=[SiH2])([CH2]C)([CH]1C=Cc2c(-c3ccc(C(C)(C)C)cc3C)cccc21)[CH]1C=Cc2c(-c3ccc(C(C)(C)C)cc3C)cccc21. The van der Waals surface area contributed by atoms with Gasteiger partial charge in [0.2, 0.25) is 0 Å². The van der Waals surface area contributed by atoms with Crippen LogP contribution in [0, 0.1) is 13.8 Å². The molecule has 0 aliphatic heterocycles. The molecule has 4 aromatic rings. The molecule has 2 atom stereocenters. The van der Waals surface area contributed by atoms with Crippen molar-refractivity contribution in [1.29, 1.82) is 0 Å². The molecule has 0 bridgehead atoms. The summed E-state index contributed by atoms with van der Waals surface area (Å²) in [7, 11) is 0. The van der Waals surface area contributed by atoms with Gasteiger partial charge in [-0.15, -0.1) is 0 Å². The van der Waals surface area contributed by atoms with Crippen LogP contribution in [0.15, 0.2) is 84.9 Å². The Morgan fingerprint density at radius 2 is 0.938 bits per heavy atom. The molecule has 2 heteroatoms. The molecule has 252 valence electrons. The van der Waals surface area contributed by atoms with Crippen molar-refractivity contribution < 1.29 is 14.2 Å². The summed E-state index contributed by atoms with van der Waals surface area (Å²) in [6, 6.07) is 28.6. The van der Waals surface area contributed by atoms with Crippen molar-refractivity contribution in [2.75, 3.05) is 0 Å². The van der Waals surface area contributed by atoms with Crippen molar-refractivity contribution in [3.8, 4) is 22.3 Å². The normalized spacial score (nSPS) is 19.7. The molecule has 0 heterocycles. The van der Waals surface area contributed by atoms with Crippen LogP contribution in [0.3, 0.4) is 0 Å². The van der Waals surface area contributed by atoms with Crippen molar-refractivity contribution in [3.05, 3.63) is 129 Å². The van der Waals surface area contributed by atoms with Gasteiger partial charge in [-0.05, 0) is 0 Å². The summed E-state index contributed by atoms with van der Waals surface area (Å²) in [6.45, 7) is 26.0. The molecule has 6 rings (SSSR count). The Balaban J connectivity index is 1.52. The van der Waals surface area contributed by atoms with Crippen LogP contribution in [0.2, 0.25) is 17.7 Å². The third-order valence-corrected chi connectivity index (χ3v) is 78.0. The molecule has 0 saturated carbocycles. The van der Waals surface area contributed by atoms with Crippen LogP contribution in [0.25, 0.3) is 34.4 Å². The maximum atomic E-state index is 2.85. The average Bonchev–Trinajstić information content (AvgIpc) is 3.68. The third kappa shape index (κ3) is 4.97. The van der Waals surface area contributed by atoms with Gasteiger partial charge in [0.15, 0.2) is 0 Å². The Hall–Kier alpha value is -2.55. The van der Waals surface area contributed by atoms with Gasteiger partial charge in [0.1, 0.15) is 0 Å². The van der Waals surface area contributed by atoms with Gasteiger partial charge in [-0.3, -0.25) is 0 Å². The zero-order valence-electron chi connectivity index (χ0n) is 32.0. The fraction of sp³-hybridized carbons (Fsp3) is 0.391. The molecule has 0 nitrogen and oxygen atoms in total. The van der Waals surface area contributed by atoms with Crippen LogP contribution in [0.1, 0.15) is 107 Å². The minimum absolute atomic E-state index is 0.140. The van der Waals surface area contributed by atoms with E-state index in [0.29, 0.717) is 7.35 Å². The molecular weight excluding hydrogens is 759 g/mol. The first kappa shape index (κ1) is 35.3. The van der Waals surface area contributed by atoms with E-state index in [2.05, 4.69) is 183 Å². The quantitative estimate of drug-likeness (QED) is 0.170. The number of benzene rings is 4. The second-order valence-corrected chi connectivity index (χ2v) is 99.0. The molecule has 0 radical (unpaired) electrons. The molecule has 2 unspecified atom stereocenters. The van der Waals surface area contributed by atoms with E-state index in [4.69, 9.17) is 0 Å². The van der Waals surface area contributed by atoms with Crippen LogP contribution < -0.4 is 0 Å². The van der Waals surface area contributed by atoms with Crippen LogP contribution in [0.5, 0.6) is 0 Å². The zero-order valence-corrected chi connectivity index (χ0v) is 37.0. The van der Waals surface area contributed by atoms with Gasteiger partial charge < -0.3 is 0 Å².